The zero-order valence-electron chi connectivity index (χ0n) is 14.8. The number of amides is 1. The van der Waals surface area contributed by atoms with Crippen LogP contribution >= 0.6 is 0 Å². The van der Waals surface area contributed by atoms with E-state index >= 15 is 0 Å². The average molecular weight is 349 g/mol. The standard InChI is InChI=1S/C21H19NO4/c1-13-7-9-16(10-8-13)22-14(2)19(21(25)26-3)18(20(22)24)12-15-5-4-6-17(23)11-15/h4-12,23H,1-3H3/b18-12-. The molecule has 0 fully saturated rings. The van der Waals surface area contributed by atoms with Crippen molar-refractivity contribution in [2.24, 2.45) is 0 Å². The van der Waals surface area contributed by atoms with Crippen molar-refractivity contribution in [1.82, 2.24) is 0 Å². The van der Waals surface area contributed by atoms with Gasteiger partial charge in [0, 0.05) is 11.4 Å². The molecule has 1 N–H and O–H groups in total. The number of methoxy groups -OCH3 is 1. The number of anilines is 1. The van der Waals surface area contributed by atoms with E-state index in [1.807, 2.05) is 31.2 Å². The van der Waals surface area contributed by atoms with Crippen LogP contribution in [-0.4, -0.2) is 24.1 Å². The van der Waals surface area contributed by atoms with Crippen LogP contribution in [-0.2, 0) is 14.3 Å². The molecule has 0 atom stereocenters. The molecule has 0 saturated heterocycles. The Hall–Kier alpha value is -3.34. The van der Waals surface area contributed by atoms with Crippen LogP contribution in [0.2, 0.25) is 0 Å². The van der Waals surface area contributed by atoms with Gasteiger partial charge in [0.1, 0.15) is 5.75 Å². The van der Waals surface area contributed by atoms with Gasteiger partial charge in [-0.05, 0) is 49.8 Å². The van der Waals surface area contributed by atoms with Crippen LogP contribution in [0.1, 0.15) is 18.1 Å². The summed E-state index contributed by atoms with van der Waals surface area (Å²) in [5.41, 5.74) is 3.34. The lowest BCUT2D eigenvalue weighted by molar-refractivity contribution is -0.136. The molecule has 0 spiro atoms. The predicted molar refractivity (Wildman–Crippen MR) is 99.5 cm³/mol. The van der Waals surface area contributed by atoms with Crippen LogP contribution in [0.15, 0.2) is 65.4 Å². The summed E-state index contributed by atoms with van der Waals surface area (Å²) < 4.78 is 4.88. The highest BCUT2D eigenvalue weighted by Gasteiger charge is 2.37. The summed E-state index contributed by atoms with van der Waals surface area (Å²) in [6.07, 6.45) is 1.59. The Morgan fingerprint density at radius 1 is 1.12 bits per heavy atom. The number of phenols is 1. The maximum absolute atomic E-state index is 13.1. The second kappa shape index (κ2) is 6.88. The molecule has 1 aliphatic heterocycles. The van der Waals surface area contributed by atoms with Crippen LogP contribution < -0.4 is 4.90 Å². The molecule has 0 saturated carbocycles. The van der Waals surface area contributed by atoms with Gasteiger partial charge in [-0.15, -0.1) is 0 Å². The number of phenolic OH excluding ortho intramolecular Hbond substituents is 1. The molecule has 5 nitrogen and oxygen atoms in total. The first-order chi connectivity index (χ1) is 12.4. The predicted octanol–water partition coefficient (Wildman–Crippen LogP) is 3.58. The first-order valence-corrected chi connectivity index (χ1v) is 8.14. The number of benzene rings is 2. The van der Waals surface area contributed by atoms with Crippen LogP contribution in [0, 0.1) is 6.92 Å². The van der Waals surface area contributed by atoms with E-state index < -0.39 is 5.97 Å². The van der Waals surface area contributed by atoms with Gasteiger partial charge in [-0.25, -0.2) is 4.79 Å². The zero-order valence-corrected chi connectivity index (χ0v) is 14.8. The van der Waals surface area contributed by atoms with E-state index in [1.54, 1.807) is 31.2 Å². The molecule has 1 aliphatic rings. The number of allylic oxidation sites excluding steroid dienone is 1. The Kier molecular flexibility index (Phi) is 4.63. The Labute approximate surface area is 151 Å². The summed E-state index contributed by atoms with van der Waals surface area (Å²) in [6.45, 7) is 3.68. The normalized spacial score (nSPS) is 15.7. The van der Waals surface area contributed by atoms with E-state index in [9.17, 15) is 14.7 Å². The van der Waals surface area contributed by atoms with E-state index in [1.165, 1.54) is 18.1 Å². The molecule has 26 heavy (non-hydrogen) atoms. The van der Waals surface area contributed by atoms with Crippen molar-refractivity contribution in [3.63, 3.8) is 0 Å². The topological polar surface area (TPSA) is 66.8 Å². The monoisotopic (exact) mass is 349 g/mol. The SMILES string of the molecule is COC(=O)C1=C(C)N(c2ccc(C)cc2)C(=O)/C1=C\c1cccc(O)c1. The Morgan fingerprint density at radius 2 is 1.81 bits per heavy atom. The summed E-state index contributed by atoms with van der Waals surface area (Å²) >= 11 is 0. The average Bonchev–Trinajstić information content (AvgIpc) is 2.86. The summed E-state index contributed by atoms with van der Waals surface area (Å²) in [5, 5.41) is 9.65. The van der Waals surface area contributed by atoms with E-state index in [4.69, 9.17) is 4.74 Å². The Balaban J connectivity index is 2.13. The molecule has 0 unspecified atom stereocenters. The van der Waals surface area contributed by atoms with Crippen molar-refractivity contribution in [1.29, 1.82) is 0 Å². The first-order valence-electron chi connectivity index (χ1n) is 8.14. The molecule has 1 heterocycles. The van der Waals surface area contributed by atoms with Crippen molar-refractivity contribution in [2.75, 3.05) is 12.0 Å². The highest BCUT2D eigenvalue weighted by Crippen LogP contribution is 2.35. The highest BCUT2D eigenvalue weighted by molar-refractivity contribution is 6.23. The van der Waals surface area contributed by atoms with Gasteiger partial charge in [0.2, 0.25) is 0 Å². The van der Waals surface area contributed by atoms with E-state index in [-0.39, 0.29) is 22.8 Å². The lowest BCUT2D eigenvalue weighted by Crippen LogP contribution is -2.24. The second-order valence-electron chi connectivity index (χ2n) is 6.08. The number of rotatable bonds is 3. The fraction of sp³-hybridized carbons (Fsp3) is 0.143. The number of carbonyl (C=O) groups is 2. The molecule has 0 bridgehead atoms. The number of hydrogen-bond donors (Lipinski definition) is 1. The van der Waals surface area contributed by atoms with Gasteiger partial charge in [0.15, 0.2) is 0 Å². The molecule has 0 aliphatic carbocycles. The molecular weight excluding hydrogens is 330 g/mol. The number of carbonyl (C=O) groups excluding carboxylic acids is 2. The van der Waals surface area contributed by atoms with Crippen molar-refractivity contribution in [3.8, 4) is 5.75 Å². The number of esters is 1. The van der Waals surface area contributed by atoms with Crippen molar-refractivity contribution in [2.45, 2.75) is 13.8 Å². The maximum atomic E-state index is 13.1. The number of aromatic hydroxyl groups is 1. The summed E-state index contributed by atoms with van der Waals surface area (Å²) in [4.78, 5) is 26.9. The molecule has 0 radical (unpaired) electrons. The van der Waals surface area contributed by atoms with Crippen LogP contribution in [0.3, 0.4) is 0 Å². The summed E-state index contributed by atoms with van der Waals surface area (Å²) in [5.74, 6) is -0.799. The molecule has 2 aromatic carbocycles. The van der Waals surface area contributed by atoms with Crippen LogP contribution in [0.25, 0.3) is 6.08 Å². The second-order valence-corrected chi connectivity index (χ2v) is 6.08. The molecule has 2 aromatic rings. The number of nitrogens with zero attached hydrogens (tertiary/aromatic N) is 1. The van der Waals surface area contributed by atoms with Gasteiger partial charge in [-0.2, -0.15) is 0 Å². The first kappa shape index (κ1) is 17.5. The lowest BCUT2D eigenvalue weighted by Gasteiger charge is -2.18. The smallest absolute Gasteiger partial charge is 0.340 e. The molecule has 5 heteroatoms. The number of ether oxygens (including phenoxy) is 1. The fourth-order valence-electron chi connectivity index (χ4n) is 2.97. The zero-order chi connectivity index (χ0) is 18.8. The minimum atomic E-state index is -0.572. The third-order valence-electron chi connectivity index (χ3n) is 4.26. The molecular formula is C21H19NO4. The summed E-state index contributed by atoms with van der Waals surface area (Å²) in [6, 6.07) is 14.0. The summed E-state index contributed by atoms with van der Waals surface area (Å²) in [7, 11) is 1.29. The third-order valence-corrected chi connectivity index (χ3v) is 4.26. The van der Waals surface area contributed by atoms with E-state index in [0.717, 1.165) is 5.56 Å². The van der Waals surface area contributed by atoms with Crippen molar-refractivity contribution in [3.05, 3.63) is 76.5 Å². The lowest BCUT2D eigenvalue weighted by atomic mass is 10.0. The molecule has 3 rings (SSSR count). The van der Waals surface area contributed by atoms with E-state index in [0.29, 0.717) is 16.9 Å². The molecule has 132 valence electrons. The van der Waals surface area contributed by atoms with E-state index in [2.05, 4.69) is 0 Å². The fourth-order valence-corrected chi connectivity index (χ4v) is 2.97. The largest absolute Gasteiger partial charge is 0.508 e. The van der Waals surface area contributed by atoms with Crippen molar-refractivity contribution >= 4 is 23.6 Å². The Bertz CT molecular complexity index is 939. The minimum absolute atomic E-state index is 0.0838. The molecule has 1 amide bonds. The van der Waals surface area contributed by atoms with Crippen LogP contribution in [0.4, 0.5) is 5.69 Å². The van der Waals surface area contributed by atoms with Gasteiger partial charge in [-0.3, -0.25) is 9.69 Å². The Morgan fingerprint density at radius 3 is 2.42 bits per heavy atom. The van der Waals surface area contributed by atoms with Gasteiger partial charge in [-0.1, -0.05) is 29.8 Å². The number of hydrogen-bond acceptors (Lipinski definition) is 4. The van der Waals surface area contributed by atoms with Gasteiger partial charge < -0.3 is 9.84 Å². The number of aryl methyl sites for hydroxylation is 1. The van der Waals surface area contributed by atoms with Crippen molar-refractivity contribution < 1.29 is 19.4 Å². The minimum Gasteiger partial charge on any atom is -0.508 e. The maximum Gasteiger partial charge on any atom is 0.340 e. The van der Waals surface area contributed by atoms with Gasteiger partial charge in [0.25, 0.3) is 5.91 Å². The van der Waals surface area contributed by atoms with Gasteiger partial charge in [0.05, 0.1) is 18.3 Å². The quantitative estimate of drug-likeness (QED) is 0.679. The van der Waals surface area contributed by atoms with Gasteiger partial charge >= 0.3 is 5.97 Å². The molecule has 0 aromatic heterocycles. The van der Waals surface area contributed by atoms with Crippen LogP contribution in [0.5, 0.6) is 5.75 Å². The highest BCUT2D eigenvalue weighted by atomic mass is 16.5. The third kappa shape index (κ3) is 3.11.